The molecule has 2 aliphatic rings. The zero-order chi connectivity index (χ0) is 14.5. The van der Waals surface area contributed by atoms with Crippen LogP contribution in [0.1, 0.15) is 44.9 Å². The van der Waals surface area contributed by atoms with Crippen LogP contribution >= 0.6 is 0 Å². The van der Waals surface area contributed by atoms with E-state index in [1.165, 1.54) is 38.5 Å². The van der Waals surface area contributed by atoms with Crippen LogP contribution in [0, 0.1) is 5.92 Å². The topological polar surface area (TPSA) is 63.2 Å². The molecule has 6 heteroatoms. The van der Waals surface area contributed by atoms with Crippen molar-refractivity contribution in [2.24, 2.45) is 5.92 Å². The van der Waals surface area contributed by atoms with Gasteiger partial charge in [0.25, 0.3) is 0 Å². The molecular formula is C15H25N5O. The van der Waals surface area contributed by atoms with E-state index in [1.54, 1.807) is 0 Å². The van der Waals surface area contributed by atoms with Gasteiger partial charge in [-0.3, -0.25) is 0 Å². The Morgan fingerprint density at radius 3 is 2.57 bits per heavy atom. The molecule has 0 radical (unpaired) electrons. The lowest BCUT2D eigenvalue weighted by molar-refractivity contribution is 0.212. The molecule has 1 aromatic heterocycles. The van der Waals surface area contributed by atoms with Crippen LogP contribution in [0.4, 0.5) is 11.9 Å². The quantitative estimate of drug-likeness (QED) is 0.868. The molecule has 116 valence electrons. The van der Waals surface area contributed by atoms with Gasteiger partial charge in [-0.2, -0.15) is 15.0 Å². The third-order valence-electron chi connectivity index (χ3n) is 4.45. The van der Waals surface area contributed by atoms with Gasteiger partial charge < -0.3 is 15.0 Å². The van der Waals surface area contributed by atoms with E-state index in [1.807, 2.05) is 7.05 Å². The number of anilines is 2. The summed E-state index contributed by atoms with van der Waals surface area (Å²) >= 11 is 0. The van der Waals surface area contributed by atoms with Crippen molar-refractivity contribution in [2.45, 2.75) is 44.9 Å². The molecule has 1 N–H and O–H groups in total. The lowest BCUT2D eigenvalue weighted by Gasteiger charge is -2.27. The Morgan fingerprint density at radius 2 is 1.90 bits per heavy atom. The first-order valence-corrected chi connectivity index (χ1v) is 8.17. The molecule has 3 rings (SSSR count). The fourth-order valence-electron chi connectivity index (χ4n) is 2.86. The second-order valence-corrected chi connectivity index (χ2v) is 5.97. The number of hydrogen-bond donors (Lipinski definition) is 1. The van der Waals surface area contributed by atoms with Crippen LogP contribution in [0.5, 0.6) is 6.01 Å². The molecule has 0 amide bonds. The minimum atomic E-state index is 0.453. The average Bonchev–Trinajstić information content (AvgIpc) is 2.50. The molecular weight excluding hydrogens is 266 g/mol. The Hall–Kier alpha value is -1.59. The van der Waals surface area contributed by atoms with E-state index < -0.39 is 0 Å². The summed E-state index contributed by atoms with van der Waals surface area (Å²) in [4.78, 5) is 15.5. The molecule has 1 aliphatic heterocycles. The fraction of sp³-hybridized carbons (Fsp3) is 0.800. The van der Waals surface area contributed by atoms with Crippen LogP contribution in [-0.2, 0) is 0 Å². The summed E-state index contributed by atoms with van der Waals surface area (Å²) in [7, 11) is 1.83. The molecule has 2 heterocycles. The van der Waals surface area contributed by atoms with E-state index in [0.717, 1.165) is 31.4 Å². The van der Waals surface area contributed by atoms with Crippen molar-refractivity contribution in [3.63, 3.8) is 0 Å². The van der Waals surface area contributed by atoms with Crippen LogP contribution in [0.3, 0.4) is 0 Å². The van der Waals surface area contributed by atoms with Gasteiger partial charge in [-0.05, 0) is 31.6 Å². The van der Waals surface area contributed by atoms with Crippen LogP contribution in [-0.4, -0.2) is 41.7 Å². The summed E-state index contributed by atoms with van der Waals surface area (Å²) in [5, 5.41) is 3.00. The number of rotatable bonds is 6. The number of aromatic nitrogens is 3. The standard InChI is InChI=1S/C15H25N5O/c1-16-13-17-14(20-9-3-2-4-10-20)19-15(18-13)21-11-8-12-6-5-7-12/h12H,2-11H2,1H3,(H,16,17,18,19). The molecule has 0 bridgehead atoms. The minimum Gasteiger partial charge on any atom is -0.463 e. The van der Waals surface area contributed by atoms with Crippen molar-refractivity contribution in [1.29, 1.82) is 0 Å². The summed E-state index contributed by atoms with van der Waals surface area (Å²) in [6, 6.07) is 0.453. The lowest BCUT2D eigenvalue weighted by Crippen LogP contribution is -2.31. The molecule has 2 fully saturated rings. The summed E-state index contributed by atoms with van der Waals surface area (Å²) in [6.45, 7) is 2.75. The monoisotopic (exact) mass is 291 g/mol. The lowest BCUT2D eigenvalue weighted by atomic mass is 9.83. The summed E-state index contributed by atoms with van der Waals surface area (Å²) in [5.74, 6) is 2.18. The largest absolute Gasteiger partial charge is 0.463 e. The highest BCUT2D eigenvalue weighted by molar-refractivity contribution is 5.38. The van der Waals surface area contributed by atoms with Crippen molar-refractivity contribution in [2.75, 3.05) is 37.0 Å². The number of nitrogens with one attached hydrogen (secondary N) is 1. The van der Waals surface area contributed by atoms with Gasteiger partial charge in [0, 0.05) is 20.1 Å². The van der Waals surface area contributed by atoms with Crippen molar-refractivity contribution in [3.8, 4) is 6.01 Å². The maximum absolute atomic E-state index is 5.76. The molecule has 1 aliphatic carbocycles. The SMILES string of the molecule is CNc1nc(OCCC2CCC2)nc(N2CCCCC2)n1. The smallest absolute Gasteiger partial charge is 0.323 e. The Kier molecular flexibility index (Phi) is 4.72. The van der Waals surface area contributed by atoms with Crippen molar-refractivity contribution in [3.05, 3.63) is 0 Å². The third kappa shape index (κ3) is 3.74. The van der Waals surface area contributed by atoms with Gasteiger partial charge in [-0.25, -0.2) is 0 Å². The van der Waals surface area contributed by atoms with Crippen LogP contribution in [0.2, 0.25) is 0 Å². The van der Waals surface area contributed by atoms with Crippen molar-refractivity contribution >= 4 is 11.9 Å². The predicted molar refractivity (Wildman–Crippen MR) is 82.9 cm³/mol. The zero-order valence-corrected chi connectivity index (χ0v) is 12.8. The normalized spacial score (nSPS) is 19.2. The maximum Gasteiger partial charge on any atom is 0.323 e. The van der Waals surface area contributed by atoms with E-state index >= 15 is 0 Å². The summed E-state index contributed by atoms with van der Waals surface area (Å²) in [6.07, 6.45) is 8.89. The highest BCUT2D eigenvalue weighted by atomic mass is 16.5. The van der Waals surface area contributed by atoms with Gasteiger partial charge in [-0.1, -0.05) is 19.3 Å². The van der Waals surface area contributed by atoms with E-state index in [-0.39, 0.29) is 0 Å². The Bertz CT molecular complexity index is 457. The molecule has 1 saturated carbocycles. The molecule has 0 aromatic carbocycles. The van der Waals surface area contributed by atoms with Crippen molar-refractivity contribution < 1.29 is 4.74 Å². The number of ether oxygens (including phenoxy) is 1. The first kappa shape index (κ1) is 14.4. The minimum absolute atomic E-state index is 0.453. The molecule has 1 saturated heterocycles. The Balaban J connectivity index is 1.63. The second kappa shape index (κ2) is 6.91. The highest BCUT2D eigenvalue weighted by Gasteiger charge is 2.19. The van der Waals surface area contributed by atoms with E-state index in [4.69, 9.17) is 4.74 Å². The summed E-state index contributed by atoms with van der Waals surface area (Å²) in [5.41, 5.74) is 0. The van der Waals surface area contributed by atoms with Crippen LogP contribution in [0.25, 0.3) is 0 Å². The Morgan fingerprint density at radius 1 is 1.10 bits per heavy atom. The molecule has 21 heavy (non-hydrogen) atoms. The second-order valence-electron chi connectivity index (χ2n) is 5.97. The molecule has 0 unspecified atom stereocenters. The van der Waals surface area contributed by atoms with Gasteiger partial charge in [-0.15, -0.1) is 0 Å². The third-order valence-corrected chi connectivity index (χ3v) is 4.45. The predicted octanol–water partition coefficient (Wildman–Crippen LogP) is 2.47. The van der Waals surface area contributed by atoms with Gasteiger partial charge in [0.05, 0.1) is 6.61 Å². The fourth-order valence-corrected chi connectivity index (χ4v) is 2.86. The van der Waals surface area contributed by atoms with Gasteiger partial charge in [0.2, 0.25) is 11.9 Å². The number of piperidine rings is 1. The molecule has 0 spiro atoms. The average molecular weight is 291 g/mol. The number of nitrogens with zero attached hydrogens (tertiary/aromatic N) is 4. The maximum atomic E-state index is 5.76. The first-order valence-electron chi connectivity index (χ1n) is 8.17. The van der Waals surface area contributed by atoms with E-state index in [2.05, 4.69) is 25.2 Å². The van der Waals surface area contributed by atoms with Gasteiger partial charge in [0.1, 0.15) is 0 Å². The van der Waals surface area contributed by atoms with Gasteiger partial charge in [0.15, 0.2) is 0 Å². The molecule has 1 aromatic rings. The first-order chi connectivity index (χ1) is 10.3. The molecule has 6 nitrogen and oxygen atoms in total. The van der Waals surface area contributed by atoms with E-state index in [9.17, 15) is 0 Å². The van der Waals surface area contributed by atoms with Crippen LogP contribution in [0.15, 0.2) is 0 Å². The molecule has 0 atom stereocenters. The van der Waals surface area contributed by atoms with Crippen molar-refractivity contribution in [1.82, 2.24) is 15.0 Å². The Labute approximate surface area is 126 Å². The van der Waals surface area contributed by atoms with E-state index in [0.29, 0.717) is 18.6 Å². The van der Waals surface area contributed by atoms with Crippen LogP contribution < -0.4 is 15.0 Å². The summed E-state index contributed by atoms with van der Waals surface area (Å²) < 4.78 is 5.76. The van der Waals surface area contributed by atoms with Gasteiger partial charge >= 0.3 is 6.01 Å². The number of hydrogen-bond acceptors (Lipinski definition) is 6. The zero-order valence-electron chi connectivity index (χ0n) is 12.8. The highest BCUT2D eigenvalue weighted by Crippen LogP contribution is 2.29.